The first-order chi connectivity index (χ1) is 10.4. The summed E-state index contributed by atoms with van der Waals surface area (Å²) in [6.45, 7) is 0.0978. The Morgan fingerprint density at radius 1 is 0.955 bits per heavy atom. The smallest absolute Gasteiger partial charge is 0.319 e. The van der Waals surface area contributed by atoms with Crippen molar-refractivity contribution in [3.63, 3.8) is 0 Å². The molecule has 0 aliphatic carbocycles. The SMILES string of the molecule is O=C(O)CC1CCC(CC(=O)O)NNNN(CC(=O)O)CC1. The first-order valence-corrected chi connectivity index (χ1v) is 7.03. The second-order valence-corrected chi connectivity index (χ2v) is 5.32. The molecule has 0 spiro atoms. The van der Waals surface area contributed by atoms with Crippen LogP contribution in [0.3, 0.4) is 0 Å². The van der Waals surface area contributed by atoms with E-state index >= 15 is 0 Å². The maximum Gasteiger partial charge on any atom is 0.319 e. The Morgan fingerprint density at radius 2 is 1.64 bits per heavy atom. The van der Waals surface area contributed by atoms with E-state index in [1.807, 2.05) is 0 Å². The molecule has 1 aliphatic rings. The summed E-state index contributed by atoms with van der Waals surface area (Å²) < 4.78 is 0. The van der Waals surface area contributed by atoms with Gasteiger partial charge in [-0.2, -0.15) is 11.1 Å². The van der Waals surface area contributed by atoms with Gasteiger partial charge in [-0.3, -0.25) is 14.4 Å². The summed E-state index contributed by atoms with van der Waals surface area (Å²) >= 11 is 0. The van der Waals surface area contributed by atoms with E-state index in [0.29, 0.717) is 25.8 Å². The van der Waals surface area contributed by atoms with Crippen LogP contribution in [0.25, 0.3) is 0 Å². The Hall–Kier alpha value is -1.75. The first-order valence-electron chi connectivity index (χ1n) is 7.03. The Morgan fingerprint density at radius 3 is 2.23 bits per heavy atom. The van der Waals surface area contributed by atoms with Crippen molar-refractivity contribution in [2.75, 3.05) is 13.1 Å². The zero-order valence-electron chi connectivity index (χ0n) is 12.1. The normalized spacial score (nSPS) is 24.5. The molecule has 0 aromatic heterocycles. The first kappa shape index (κ1) is 18.3. The lowest BCUT2D eigenvalue weighted by molar-refractivity contribution is -0.141. The molecule has 0 amide bonds. The van der Waals surface area contributed by atoms with Gasteiger partial charge in [0.25, 0.3) is 0 Å². The van der Waals surface area contributed by atoms with Gasteiger partial charge >= 0.3 is 17.9 Å². The quantitative estimate of drug-likeness (QED) is 0.360. The van der Waals surface area contributed by atoms with Gasteiger partial charge in [-0.15, -0.1) is 0 Å². The van der Waals surface area contributed by atoms with Gasteiger partial charge in [0.15, 0.2) is 0 Å². The second-order valence-electron chi connectivity index (χ2n) is 5.32. The van der Waals surface area contributed by atoms with Gasteiger partial charge < -0.3 is 15.3 Å². The number of aliphatic carboxylic acids is 3. The highest BCUT2D eigenvalue weighted by molar-refractivity contribution is 5.69. The summed E-state index contributed by atoms with van der Waals surface area (Å²) in [4.78, 5) is 32.5. The van der Waals surface area contributed by atoms with Crippen LogP contribution >= 0.6 is 0 Å². The zero-order chi connectivity index (χ0) is 16.5. The maximum atomic E-state index is 10.9. The third-order valence-corrected chi connectivity index (χ3v) is 3.43. The Bertz CT molecular complexity index is 377. The van der Waals surface area contributed by atoms with Gasteiger partial charge in [0.2, 0.25) is 0 Å². The minimum atomic E-state index is -1.02. The minimum absolute atomic E-state index is 0.0197. The molecule has 1 rings (SSSR count). The highest BCUT2D eigenvalue weighted by Crippen LogP contribution is 2.19. The fourth-order valence-electron chi connectivity index (χ4n) is 2.36. The van der Waals surface area contributed by atoms with Gasteiger partial charge in [0, 0.05) is 19.0 Å². The minimum Gasteiger partial charge on any atom is -0.481 e. The highest BCUT2D eigenvalue weighted by atomic mass is 16.4. The van der Waals surface area contributed by atoms with Crippen molar-refractivity contribution in [2.45, 2.75) is 38.1 Å². The molecule has 1 fully saturated rings. The van der Waals surface area contributed by atoms with Crippen molar-refractivity contribution < 1.29 is 29.7 Å². The monoisotopic (exact) mass is 318 g/mol. The molecular formula is C12H22N4O6. The van der Waals surface area contributed by atoms with Gasteiger partial charge in [0.1, 0.15) is 6.54 Å². The van der Waals surface area contributed by atoms with Gasteiger partial charge in [-0.25, -0.2) is 10.4 Å². The van der Waals surface area contributed by atoms with E-state index < -0.39 is 17.9 Å². The average molecular weight is 318 g/mol. The van der Waals surface area contributed by atoms with Crippen LogP contribution in [0.4, 0.5) is 0 Å². The zero-order valence-corrected chi connectivity index (χ0v) is 12.1. The number of carboxylic acids is 3. The Kier molecular flexibility index (Phi) is 7.74. The van der Waals surface area contributed by atoms with Crippen LogP contribution in [0.1, 0.15) is 32.1 Å². The molecule has 1 aliphatic heterocycles. The molecular weight excluding hydrogens is 296 g/mol. The molecule has 10 nitrogen and oxygen atoms in total. The number of carboxylic acid groups (broad SMARTS) is 3. The van der Waals surface area contributed by atoms with Crippen molar-refractivity contribution >= 4 is 17.9 Å². The predicted octanol–water partition coefficient (Wildman–Crippen LogP) is -0.995. The summed E-state index contributed by atoms with van der Waals surface area (Å²) in [6, 6.07) is -0.383. The molecule has 6 N–H and O–H groups in total. The molecule has 1 saturated heterocycles. The number of nitrogens with zero attached hydrogens (tertiary/aromatic N) is 1. The number of hydrogen-bond donors (Lipinski definition) is 6. The van der Waals surface area contributed by atoms with Crippen molar-refractivity contribution in [1.82, 2.24) is 21.5 Å². The van der Waals surface area contributed by atoms with Crippen LogP contribution in [-0.2, 0) is 14.4 Å². The molecule has 0 radical (unpaired) electrons. The Labute approximate surface area is 127 Å². The largest absolute Gasteiger partial charge is 0.481 e. The van der Waals surface area contributed by atoms with E-state index in [-0.39, 0.29) is 31.3 Å². The lowest BCUT2D eigenvalue weighted by Gasteiger charge is -2.29. The molecule has 10 heteroatoms. The van der Waals surface area contributed by atoms with Crippen molar-refractivity contribution in [3.8, 4) is 0 Å². The summed E-state index contributed by atoms with van der Waals surface area (Å²) in [7, 11) is 0. The number of rotatable bonds is 6. The molecule has 22 heavy (non-hydrogen) atoms. The lowest BCUT2D eigenvalue weighted by atomic mass is 9.92. The van der Waals surface area contributed by atoms with Gasteiger partial charge in [-0.1, -0.05) is 0 Å². The molecule has 126 valence electrons. The predicted molar refractivity (Wildman–Crippen MR) is 74.3 cm³/mol. The van der Waals surface area contributed by atoms with Crippen molar-refractivity contribution in [1.29, 1.82) is 0 Å². The molecule has 0 saturated carbocycles. The van der Waals surface area contributed by atoms with Crippen LogP contribution in [0.2, 0.25) is 0 Å². The lowest BCUT2D eigenvalue weighted by Crippen LogP contribution is -2.57. The third-order valence-electron chi connectivity index (χ3n) is 3.43. The van der Waals surface area contributed by atoms with E-state index in [4.69, 9.17) is 15.3 Å². The molecule has 2 atom stereocenters. The molecule has 1 heterocycles. The molecule has 0 aromatic carbocycles. The summed E-state index contributed by atoms with van der Waals surface area (Å²) in [5.41, 5.74) is 8.03. The van der Waals surface area contributed by atoms with E-state index in [0.717, 1.165) is 0 Å². The van der Waals surface area contributed by atoms with E-state index in [1.54, 1.807) is 0 Å². The second kappa shape index (κ2) is 9.30. The number of carbonyl (C=O) groups is 3. The number of hydrazine groups is 3. The van der Waals surface area contributed by atoms with E-state index in [2.05, 4.69) is 16.5 Å². The highest BCUT2D eigenvalue weighted by Gasteiger charge is 2.21. The third kappa shape index (κ3) is 7.88. The summed E-state index contributed by atoms with van der Waals surface area (Å²) in [5, 5.41) is 28.0. The van der Waals surface area contributed by atoms with E-state index in [9.17, 15) is 14.4 Å². The van der Waals surface area contributed by atoms with Gasteiger partial charge in [-0.05, 0) is 25.2 Å². The number of hydrogen-bond acceptors (Lipinski definition) is 7. The van der Waals surface area contributed by atoms with Crippen LogP contribution in [0.5, 0.6) is 0 Å². The number of nitrogens with one attached hydrogen (secondary N) is 3. The fourth-order valence-corrected chi connectivity index (χ4v) is 2.36. The topological polar surface area (TPSA) is 151 Å². The Balaban J connectivity index is 2.67. The van der Waals surface area contributed by atoms with Crippen LogP contribution < -0.4 is 16.5 Å². The molecule has 2 unspecified atom stereocenters. The van der Waals surface area contributed by atoms with Crippen LogP contribution in [0, 0.1) is 5.92 Å². The standard InChI is InChI=1S/C12H22N4O6/c17-10(18)5-8-1-2-9(6-11(19)20)13-14-15-16(4-3-8)7-12(21)22/h8-9,13-15H,1-7H2,(H,17,18)(H,19,20)(H,21,22). The van der Waals surface area contributed by atoms with E-state index in [1.165, 1.54) is 5.01 Å². The summed E-state index contributed by atoms with van der Waals surface area (Å²) in [6.07, 6.45) is 1.44. The maximum absolute atomic E-state index is 10.9. The van der Waals surface area contributed by atoms with Crippen LogP contribution in [0.15, 0.2) is 0 Å². The molecule has 0 aromatic rings. The van der Waals surface area contributed by atoms with Crippen LogP contribution in [-0.4, -0.2) is 57.4 Å². The fraction of sp³-hybridized carbons (Fsp3) is 0.750. The summed E-state index contributed by atoms with van der Waals surface area (Å²) in [5.74, 6) is -3.04. The molecule has 0 bridgehead atoms. The van der Waals surface area contributed by atoms with Gasteiger partial charge in [0.05, 0.1) is 6.42 Å². The average Bonchev–Trinajstić information content (AvgIpc) is 2.38. The van der Waals surface area contributed by atoms with Crippen molar-refractivity contribution in [2.24, 2.45) is 5.92 Å². The van der Waals surface area contributed by atoms with Crippen molar-refractivity contribution in [3.05, 3.63) is 0 Å².